The normalized spacial score (nSPS) is 20.2. The van der Waals surface area contributed by atoms with Crippen LogP contribution in [0.3, 0.4) is 0 Å². The summed E-state index contributed by atoms with van der Waals surface area (Å²) in [5.74, 6) is -0.323. The van der Waals surface area contributed by atoms with Crippen LogP contribution in [-0.4, -0.2) is 36.7 Å². The molecule has 2 N–H and O–H groups in total. The lowest BCUT2D eigenvalue weighted by molar-refractivity contribution is -0.120. The number of aryl methyl sites for hydroxylation is 2. The van der Waals surface area contributed by atoms with Crippen molar-refractivity contribution < 1.29 is 13.2 Å². The maximum Gasteiger partial charge on any atom is 0.246 e. The Morgan fingerprint density at radius 1 is 1.56 bits per heavy atom. The lowest BCUT2D eigenvalue weighted by atomic mass is 10.3. The van der Waals surface area contributed by atoms with Crippen molar-refractivity contribution in [2.24, 2.45) is 7.05 Å². The Morgan fingerprint density at radius 3 is 2.67 bits per heavy atom. The summed E-state index contributed by atoms with van der Waals surface area (Å²) in [5.41, 5.74) is 0.299. The van der Waals surface area contributed by atoms with Gasteiger partial charge in [-0.15, -0.1) is 0 Å². The molecule has 1 aromatic rings. The Kier molecular flexibility index (Phi) is 3.35. The molecule has 2 heterocycles. The van der Waals surface area contributed by atoms with Crippen molar-refractivity contribution >= 4 is 27.5 Å². The molecule has 100 valence electrons. The van der Waals surface area contributed by atoms with E-state index in [2.05, 4.69) is 15.1 Å². The highest BCUT2D eigenvalue weighted by Gasteiger charge is 2.32. The zero-order valence-corrected chi connectivity index (χ0v) is 11.5. The first-order chi connectivity index (χ1) is 8.33. The summed E-state index contributed by atoms with van der Waals surface area (Å²) < 4.78 is 27.9. The smallest absolute Gasteiger partial charge is 0.246 e. The fourth-order valence-corrected chi connectivity index (χ4v) is 3.85. The minimum Gasteiger partial charge on any atom is -0.355 e. The van der Waals surface area contributed by atoms with E-state index >= 15 is 0 Å². The SMILES string of the molecule is Cc1nn(C)c(Cl)c1S(=O)(=O)N[C@@H]1CCNC1=O. The van der Waals surface area contributed by atoms with Crippen LogP contribution in [0.5, 0.6) is 0 Å². The van der Waals surface area contributed by atoms with Crippen LogP contribution in [0.2, 0.25) is 5.15 Å². The Labute approximate surface area is 110 Å². The molecule has 0 unspecified atom stereocenters. The minimum atomic E-state index is -3.84. The molecule has 1 aliphatic heterocycles. The van der Waals surface area contributed by atoms with Gasteiger partial charge in [-0.2, -0.15) is 9.82 Å². The molecule has 18 heavy (non-hydrogen) atoms. The second-order valence-electron chi connectivity index (χ2n) is 4.08. The molecule has 1 atom stereocenters. The zero-order chi connectivity index (χ0) is 13.5. The number of hydrogen-bond donors (Lipinski definition) is 2. The predicted molar refractivity (Wildman–Crippen MR) is 64.7 cm³/mol. The molecule has 0 bridgehead atoms. The lowest BCUT2D eigenvalue weighted by Crippen LogP contribution is -2.40. The van der Waals surface area contributed by atoms with Gasteiger partial charge in [0.15, 0.2) is 0 Å². The average Bonchev–Trinajstić information content (AvgIpc) is 2.73. The van der Waals surface area contributed by atoms with Crippen LogP contribution in [0.4, 0.5) is 0 Å². The summed E-state index contributed by atoms with van der Waals surface area (Å²) in [7, 11) is -2.29. The van der Waals surface area contributed by atoms with E-state index in [0.717, 1.165) is 0 Å². The van der Waals surface area contributed by atoms with Gasteiger partial charge in [-0.25, -0.2) is 8.42 Å². The molecule has 1 amide bonds. The zero-order valence-electron chi connectivity index (χ0n) is 9.90. The lowest BCUT2D eigenvalue weighted by Gasteiger charge is -2.10. The van der Waals surface area contributed by atoms with Crippen molar-refractivity contribution in [2.75, 3.05) is 6.54 Å². The first-order valence-corrected chi connectivity index (χ1v) is 7.18. The van der Waals surface area contributed by atoms with Gasteiger partial charge in [-0.05, 0) is 13.3 Å². The van der Waals surface area contributed by atoms with Crippen LogP contribution in [-0.2, 0) is 21.9 Å². The van der Waals surface area contributed by atoms with Gasteiger partial charge in [0.2, 0.25) is 15.9 Å². The monoisotopic (exact) mass is 292 g/mol. The van der Waals surface area contributed by atoms with Gasteiger partial charge in [-0.1, -0.05) is 11.6 Å². The average molecular weight is 293 g/mol. The third-order valence-corrected chi connectivity index (χ3v) is 4.88. The maximum absolute atomic E-state index is 12.2. The number of rotatable bonds is 3. The molecular weight excluding hydrogens is 280 g/mol. The quantitative estimate of drug-likeness (QED) is 0.789. The van der Waals surface area contributed by atoms with Gasteiger partial charge in [-0.3, -0.25) is 9.48 Å². The number of halogens is 1. The first-order valence-electron chi connectivity index (χ1n) is 5.32. The summed E-state index contributed by atoms with van der Waals surface area (Å²) in [6, 6.07) is -0.745. The Bertz CT molecular complexity index is 595. The second kappa shape index (κ2) is 4.52. The van der Waals surface area contributed by atoms with E-state index < -0.39 is 16.1 Å². The number of nitrogens with one attached hydrogen (secondary N) is 2. The number of nitrogens with zero attached hydrogens (tertiary/aromatic N) is 2. The van der Waals surface area contributed by atoms with Crippen molar-refractivity contribution in [3.05, 3.63) is 10.8 Å². The molecule has 0 aliphatic carbocycles. The molecule has 0 spiro atoms. The van der Waals surface area contributed by atoms with E-state index in [9.17, 15) is 13.2 Å². The molecule has 0 aromatic carbocycles. The summed E-state index contributed by atoms with van der Waals surface area (Å²) in [6.45, 7) is 2.01. The molecule has 9 heteroatoms. The molecule has 0 saturated carbocycles. The van der Waals surface area contributed by atoms with E-state index in [1.165, 1.54) is 4.68 Å². The standard InChI is InChI=1S/C9H13ClN4O3S/c1-5-7(8(10)14(2)12-5)18(16,17)13-6-3-4-11-9(6)15/h6,13H,3-4H2,1-2H3,(H,11,15)/t6-/m1/s1. The number of aromatic nitrogens is 2. The van der Waals surface area contributed by atoms with Gasteiger partial charge in [0.05, 0.1) is 5.69 Å². The van der Waals surface area contributed by atoms with Crippen LogP contribution in [0, 0.1) is 6.92 Å². The van der Waals surface area contributed by atoms with E-state index in [-0.39, 0.29) is 16.0 Å². The molecule has 7 nitrogen and oxygen atoms in total. The number of sulfonamides is 1. The van der Waals surface area contributed by atoms with Gasteiger partial charge in [0.25, 0.3) is 0 Å². The molecule has 1 fully saturated rings. The van der Waals surface area contributed by atoms with Crippen LogP contribution in [0.25, 0.3) is 0 Å². The van der Waals surface area contributed by atoms with Gasteiger partial charge in [0, 0.05) is 13.6 Å². The van der Waals surface area contributed by atoms with Gasteiger partial charge >= 0.3 is 0 Å². The summed E-state index contributed by atoms with van der Waals surface area (Å²) >= 11 is 5.90. The Hall–Kier alpha value is -1.12. The third-order valence-electron chi connectivity index (χ3n) is 2.71. The third kappa shape index (κ3) is 2.23. The van der Waals surface area contributed by atoms with Crippen LogP contribution >= 0.6 is 11.6 Å². The Morgan fingerprint density at radius 2 is 2.22 bits per heavy atom. The molecular formula is C9H13ClN4O3S. The summed E-state index contributed by atoms with van der Waals surface area (Å²) in [5, 5.41) is 6.52. The number of carbonyl (C=O) groups is 1. The van der Waals surface area contributed by atoms with Crippen molar-refractivity contribution in [3.8, 4) is 0 Å². The second-order valence-corrected chi connectivity index (χ2v) is 6.09. The highest BCUT2D eigenvalue weighted by molar-refractivity contribution is 7.89. The van der Waals surface area contributed by atoms with E-state index in [0.29, 0.717) is 18.7 Å². The highest BCUT2D eigenvalue weighted by atomic mass is 35.5. The topological polar surface area (TPSA) is 93.1 Å². The largest absolute Gasteiger partial charge is 0.355 e. The van der Waals surface area contributed by atoms with Crippen molar-refractivity contribution in [2.45, 2.75) is 24.3 Å². The van der Waals surface area contributed by atoms with E-state index in [4.69, 9.17) is 11.6 Å². The predicted octanol–water partition coefficient (Wildman–Crippen LogP) is -0.451. The van der Waals surface area contributed by atoms with Crippen molar-refractivity contribution in [1.29, 1.82) is 0 Å². The molecule has 1 saturated heterocycles. The fraction of sp³-hybridized carbons (Fsp3) is 0.556. The minimum absolute atomic E-state index is 0.0263. The van der Waals surface area contributed by atoms with E-state index in [1.807, 2.05) is 0 Å². The van der Waals surface area contributed by atoms with Crippen molar-refractivity contribution in [3.63, 3.8) is 0 Å². The van der Waals surface area contributed by atoms with Crippen molar-refractivity contribution in [1.82, 2.24) is 19.8 Å². The summed E-state index contributed by atoms with van der Waals surface area (Å²) in [4.78, 5) is 11.3. The van der Waals surface area contributed by atoms with Crippen LogP contribution < -0.4 is 10.0 Å². The first kappa shape index (κ1) is 13.3. The van der Waals surface area contributed by atoms with Gasteiger partial charge < -0.3 is 5.32 Å². The molecule has 0 radical (unpaired) electrons. The number of carbonyl (C=O) groups excluding carboxylic acids is 1. The van der Waals surface area contributed by atoms with Crippen LogP contribution in [0.1, 0.15) is 12.1 Å². The number of amides is 1. The van der Waals surface area contributed by atoms with E-state index in [1.54, 1.807) is 14.0 Å². The Balaban J connectivity index is 2.34. The number of hydrogen-bond acceptors (Lipinski definition) is 4. The molecule has 2 rings (SSSR count). The highest BCUT2D eigenvalue weighted by Crippen LogP contribution is 2.24. The van der Waals surface area contributed by atoms with Crippen LogP contribution in [0.15, 0.2) is 4.90 Å². The summed E-state index contributed by atoms with van der Waals surface area (Å²) in [6.07, 6.45) is 0.426. The fourth-order valence-electron chi connectivity index (χ4n) is 1.87. The maximum atomic E-state index is 12.2. The van der Waals surface area contributed by atoms with Gasteiger partial charge in [0.1, 0.15) is 16.1 Å². The molecule has 1 aromatic heterocycles. The molecule has 1 aliphatic rings.